The molecule has 0 spiro atoms. The highest BCUT2D eigenvalue weighted by atomic mass is 35.5. The van der Waals surface area contributed by atoms with Crippen molar-refractivity contribution in [3.63, 3.8) is 0 Å². The number of hydrogen-bond donors (Lipinski definition) is 1. The number of methoxy groups -OCH3 is 2. The van der Waals surface area contributed by atoms with Crippen LogP contribution in [-0.2, 0) is 26.2 Å². The second-order valence-electron chi connectivity index (χ2n) is 9.09. The SMILES string of the molecule is CCC(C(=O)NCC(C)C)N(Cc1c(Cl)cccc1Cl)C(=O)CN(c1ccc(OC)cc1OC)S(C)(=O)=O. The molecule has 2 aromatic rings. The van der Waals surface area contributed by atoms with Gasteiger partial charge in [0, 0.05) is 34.8 Å². The number of carbonyl (C=O) groups is 2. The van der Waals surface area contributed by atoms with E-state index in [-0.39, 0.29) is 36.2 Å². The number of ether oxygens (including phenoxy) is 2. The fourth-order valence-corrected chi connectivity index (χ4v) is 5.15. The Balaban J connectivity index is 2.55. The van der Waals surface area contributed by atoms with E-state index < -0.39 is 28.5 Å². The van der Waals surface area contributed by atoms with Gasteiger partial charge in [-0.05, 0) is 36.6 Å². The van der Waals surface area contributed by atoms with Gasteiger partial charge in [0.15, 0.2) is 0 Å². The molecule has 0 fully saturated rings. The third-order valence-corrected chi connectivity index (χ3v) is 7.63. The fraction of sp³-hybridized carbons (Fsp3) is 0.462. The van der Waals surface area contributed by atoms with Crippen LogP contribution in [0, 0.1) is 5.92 Å². The number of anilines is 1. The van der Waals surface area contributed by atoms with Crippen LogP contribution >= 0.6 is 23.2 Å². The Morgan fingerprint density at radius 2 is 1.68 bits per heavy atom. The molecule has 1 N–H and O–H groups in total. The molecule has 0 aliphatic carbocycles. The van der Waals surface area contributed by atoms with Crippen LogP contribution in [0.15, 0.2) is 36.4 Å². The largest absolute Gasteiger partial charge is 0.497 e. The maximum Gasteiger partial charge on any atom is 0.244 e. The van der Waals surface area contributed by atoms with Gasteiger partial charge in [0.05, 0.1) is 26.2 Å². The lowest BCUT2D eigenvalue weighted by Gasteiger charge is -2.33. The van der Waals surface area contributed by atoms with Crippen molar-refractivity contribution >= 4 is 50.7 Å². The smallest absolute Gasteiger partial charge is 0.244 e. The van der Waals surface area contributed by atoms with Crippen LogP contribution in [0.3, 0.4) is 0 Å². The quantitative estimate of drug-likeness (QED) is 0.373. The summed E-state index contributed by atoms with van der Waals surface area (Å²) in [6.07, 6.45) is 1.27. The van der Waals surface area contributed by atoms with Crippen LogP contribution in [0.1, 0.15) is 32.8 Å². The Labute approximate surface area is 235 Å². The van der Waals surface area contributed by atoms with Gasteiger partial charge in [-0.3, -0.25) is 13.9 Å². The van der Waals surface area contributed by atoms with Crippen molar-refractivity contribution in [1.82, 2.24) is 10.2 Å². The van der Waals surface area contributed by atoms with Crippen molar-refractivity contribution in [3.8, 4) is 11.5 Å². The number of amides is 2. The Hall–Kier alpha value is -2.69. The average Bonchev–Trinajstić information content (AvgIpc) is 2.86. The Kier molecular flexibility index (Phi) is 11.5. The molecule has 0 radical (unpaired) electrons. The minimum atomic E-state index is -3.95. The number of nitrogens with one attached hydrogen (secondary N) is 1. The lowest BCUT2D eigenvalue weighted by atomic mass is 10.1. The van der Waals surface area contributed by atoms with E-state index in [0.717, 1.165) is 10.6 Å². The Morgan fingerprint density at radius 1 is 1.05 bits per heavy atom. The number of rotatable bonds is 13. The van der Waals surface area contributed by atoms with E-state index in [1.807, 2.05) is 13.8 Å². The standard InChI is InChI=1S/C26H35Cl2N3O6S/c1-7-22(26(33)29-14-17(2)3)30(15-19-20(27)9-8-10-21(19)28)25(32)16-31(38(6,34)35)23-12-11-18(36-4)13-24(23)37-5/h8-13,17,22H,7,14-16H2,1-6H3,(H,29,33). The van der Waals surface area contributed by atoms with Gasteiger partial charge in [-0.1, -0.05) is 50.0 Å². The third-order valence-electron chi connectivity index (χ3n) is 5.80. The first-order valence-electron chi connectivity index (χ1n) is 12.0. The number of benzene rings is 2. The number of hydrogen-bond acceptors (Lipinski definition) is 6. The molecule has 12 heteroatoms. The summed E-state index contributed by atoms with van der Waals surface area (Å²) in [5.41, 5.74) is 0.601. The second-order valence-corrected chi connectivity index (χ2v) is 11.8. The van der Waals surface area contributed by atoms with Crippen molar-refractivity contribution in [3.05, 3.63) is 52.0 Å². The third kappa shape index (κ3) is 8.15. The number of nitrogens with zero attached hydrogens (tertiary/aromatic N) is 2. The van der Waals surface area contributed by atoms with Gasteiger partial charge < -0.3 is 19.7 Å². The first-order chi connectivity index (χ1) is 17.8. The predicted octanol–water partition coefficient (Wildman–Crippen LogP) is 4.36. The highest BCUT2D eigenvalue weighted by Crippen LogP contribution is 2.34. The van der Waals surface area contributed by atoms with Crippen molar-refractivity contribution < 1.29 is 27.5 Å². The van der Waals surface area contributed by atoms with Crippen LogP contribution in [0.25, 0.3) is 0 Å². The number of carbonyl (C=O) groups excluding carboxylic acids is 2. The van der Waals surface area contributed by atoms with E-state index in [1.165, 1.54) is 31.3 Å². The maximum atomic E-state index is 13.9. The summed E-state index contributed by atoms with van der Waals surface area (Å²) in [4.78, 5) is 28.3. The zero-order valence-corrected chi connectivity index (χ0v) is 24.8. The molecular weight excluding hydrogens is 553 g/mol. The average molecular weight is 589 g/mol. The van der Waals surface area contributed by atoms with Gasteiger partial charge in [0.2, 0.25) is 21.8 Å². The van der Waals surface area contributed by atoms with Gasteiger partial charge in [-0.15, -0.1) is 0 Å². The van der Waals surface area contributed by atoms with Crippen LogP contribution in [0.2, 0.25) is 10.0 Å². The highest BCUT2D eigenvalue weighted by Gasteiger charge is 2.33. The molecule has 1 unspecified atom stereocenters. The van der Waals surface area contributed by atoms with Crippen molar-refractivity contribution in [2.75, 3.05) is 37.9 Å². The molecule has 0 aromatic heterocycles. The van der Waals surface area contributed by atoms with Crippen LogP contribution < -0.4 is 19.1 Å². The van der Waals surface area contributed by atoms with E-state index in [1.54, 1.807) is 31.2 Å². The van der Waals surface area contributed by atoms with E-state index in [2.05, 4.69) is 5.32 Å². The summed E-state index contributed by atoms with van der Waals surface area (Å²) in [5.74, 6) is -0.124. The summed E-state index contributed by atoms with van der Waals surface area (Å²) in [6.45, 7) is 5.43. The van der Waals surface area contributed by atoms with Gasteiger partial charge in [0.1, 0.15) is 24.1 Å². The van der Waals surface area contributed by atoms with Gasteiger partial charge in [-0.2, -0.15) is 0 Å². The summed E-state index contributed by atoms with van der Waals surface area (Å²) in [7, 11) is -1.09. The summed E-state index contributed by atoms with van der Waals surface area (Å²) < 4.78 is 37.3. The monoisotopic (exact) mass is 587 g/mol. The predicted molar refractivity (Wildman–Crippen MR) is 151 cm³/mol. The molecule has 38 heavy (non-hydrogen) atoms. The lowest BCUT2D eigenvalue weighted by molar-refractivity contribution is -0.140. The molecule has 0 saturated carbocycles. The summed E-state index contributed by atoms with van der Waals surface area (Å²) >= 11 is 12.8. The van der Waals surface area contributed by atoms with Crippen LogP contribution in [0.4, 0.5) is 5.69 Å². The van der Waals surface area contributed by atoms with E-state index in [0.29, 0.717) is 27.9 Å². The van der Waals surface area contributed by atoms with Crippen molar-refractivity contribution in [2.24, 2.45) is 5.92 Å². The lowest BCUT2D eigenvalue weighted by Crippen LogP contribution is -2.52. The van der Waals surface area contributed by atoms with Crippen LogP contribution in [-0.4, -0.2) is 64.7 Å². The minimum absolute atomic E-state index is 0.0949. The van der Waals surface area contributed by atoms with Gasteiger partial charge in [-0.25, -0.2) is 8.42 Å². The molecule has 0 bridgehead atoms. The molecule has 0 aliphatic heterocycles. The summed E-state index contributed by atoms with van der Waals surface area (Å²) in [6, 6.07) is 8.63. The van der Waals surface area contributed by atoms with Crippen LogP contribution in [0.5, 0.6) is 11.5 Å². The molecule has 0 heterocycles. The maximum absolute atomic E-state index is 13.9. The molecule has 9 nitrogen and oxygen atoms in total. The van der Waals surface area contributed by atoms with Crippen molar-refractivity contribution in [1.29, 1.82) is 0 Å². The normalized spacial score (nSPS) is 12.1. The van der Waals surface area contributed by atoms with E-state index in [4.69, 9.17) is 32.7 Å². The summed E-state index contributed by atoms with van der Waals surface area (Å²) in [5, 5.41) is 3.51. The molecular formula is C26H35Cl2N3O6S. The molecule has 0 saturated heterocycles. The molecule has 2 amide bonds. The molecule has 2 aromatic carbocycles. The topological polar surface area (TPSA) is 105 Å². The highest BCUT2D eigenvalue weighted by molar-refractivity contribution is 7.92. The van der Waals surface area contributed by atoms with Crippen molar-refractivity contribution in [2.45, 2.75) is 39.8 Å². The molecule has 210 valence electrons. The first-order valence-corrected chi connectivity index (χ1v) is 14.6. The first kappa shape index (κ1) is 31.5. The Bertz CT molecular complexity index is 1220. The molecule has 2 rings (SSSR count). The Morgan fingerprint density at radius 3 is 2.18 bits per heavy atom. The van der Waals surface area contributed by atoms with Gasteiger partial charge in [0.25, 0.3) is 0 Å². The minimum Gasteiger partial charge on any atom is -0.497 e. The zero-order chi connectivity index (χ0) is 28.6. The molecule has 0 aliphatic rings. The zero-order valence-electron chi connectivity index (χ0n) is 22.5. The van der Waals surface area contributed by atoms with E-state index in [9.17, 15) is 18.0 Å². The number of sulfonamides is 1. The van der Waals surface area contributed by atoms with Gasteiger partial charge >= 0.3 is 0 Å². The fourth-order valence-electron chi connectivity index (χ4n) is 3.78. The molecule has 1 atom stereocenters. The number of halogens is 2. The van der Waals surface area contributed by atoms with E-state index >= 15 is 0 Å². The second kappa shape index (κ2) is 13.9.